The van der Waals surface area contributed by atoms with Crippen molar-refractivity contribution >= 4 is 49.9 Å². The number of benzene rings is 2. The van der Waals surface area contributed by atoms with Gasteiger partial charge in [-0.15, -0.1) is 11.3 Å². The SMILES string of the molecule is COc1ccc(CNC(=O)C2CCc3c(sc4ncnc(Nc5ccc6[nH]ncc6c5)c34)C2)cc1. The summed E-state index contributed by atoms with van der Waals surface area (Å²) in [6.45, 7) is 0.513. The Morgan fingerprint density at radius 2 is 2.09 bits per heavy atom. The minimum atomic E-state index is -0.0401. The minimum Gasteiger partial charge on any atom is -0.497 e. The van der Waals surface area contributed by atoms with Gasteiger partial charge in [0, 0.05) is 28.4 Å². The maximum Gasteiger partial charge on any atom is 0.223 e. The van der Waals surface area contributed by atoms with Gasteiger partial charge in [0.1, 0.15) is 22.7 Å². The summed E-state index contributed by atoms with van der Waals surface area (Å²) >= 11 is 1.67. The molecule has 3 N–H and O–H groups in total. The van der Waals surface area contributed by atoms with Crippen molar-refractivity contribution in [2.45, 2.75) is 25.8 Å². The largest absolute Gasteiger partial charge is 0.497 e. The molecule has 0 radical (unpaired) electrons. The van der Waals surface area contributed by atoms with Crippen molar-refractivity contribution in [2.24, 2.45) is 5.92 Å². The van der Waals surface area contributed by atoms with Gasteiger partial charge in [-0.3, -0.25) is 9.89 Å². The fraction of sp³-hybridized carbons (Fsp3) is 0.231. The number of nitrogens with one attached hydrogen (secondary N) is 3. The third-order valence-electron chi connectivity index (χ3n) is 6.54. The second kappa shape index (κ2) is 8.99. The van der Waals surface area contributed by atoms with Gasteiger partial charge < -0.3 is 15.4 Å². The molecule has 8 nitrogen and oxygen atoms in total. The standard InChI is InChI=1S/C26H24N6O2S/c1-34-19-6-2-15(3-7-19)12-27-25(33)16-4-8-20-22(11-16)35-26-23(20)24(28-14-29-26)31-18-5-9-21-17(10-18)13-30-32-21/h2-3,5-7,9-10,13-14,16H,4,8,11-12H2,1H3,(H,27,33)(H,30,32)(H,28,29,31). The molecule has 1 aliphatic carbocycles. The monoisotopic (exact) mass is 484 g/mol. The lowest BCUT2D eigenvalue weighted by Crippen LogP contribution is -2.33. The Bertz CT molecular complexity index is 1520. The van der Waals surface area contributed by atoms with Crippen molar-refractivity contribution in [2.75, 3.05) is 12.4 Å². The molecule has 0 spiro atoms. The highest BCUT2D eigenvalue weighted by Crippen LogP contribution is 2.40. The van der Waals surface area contributed by atoms with E-state index in [9.17, 15) is 4.79 Å². The highest BCUT2D eigenvalue weighted by atomic mass is 32.1. The molecule has 0 saturated heterocycles. The second-order valence-electron chi connectivity index (χ2n) is 8.71. The summed E-state index contributed by atoms with van der Waals surface area (Å²) in [6.07, 6.45) is 5.77. The molecular weight excluding hydrogens is 460 g/mol. The quantitative estimate of drug-likeness (QED) is 0.322. The number of aromatic amines is 1. The van der Waals surface area contributed by atoms with Crippen LogP contribution in [0.15, 0.2) is 55.0 Å². The Balaban J connectivity index is 1.19. The smallest absolute Gasteiger partial charge is 0.223 e. The number of hydrogen-bond acceptors (Lipinski definition) is 7. The summed E-state index contributed by atoms with van der Waals surface area (Å²) in [4.78, 5) is 24.2. The lowest BCUT2D eigenvalue weighted by atomic mass is 9.87. The molecule has 9 heteroatoms. The van der Waals surface area contributed by atoms with E-state index < -0.39 is 0 Å². The van der Waals surface area contributed by atoms with Crippen LogP contribution in [0.1, 0.15) is 22.4 Å². The summed E-state index contributed by atoms with van der Waals surface area (Å²) in [5.74, 6) is 1.67. The maximum atomic E-state index is 12.9. The molecule has 0 fully saturated rings. The number of rotatable bonds is 6. The molecule has 1 atom stereocenters. The van der Waals surface area contributed by atoms with Gasteiger partial charge in [0.05, 0.1) is 24.2 Å². The van der Waals surface area contributed by atoms with Crippen molar-refractivity contribution in [1.29, 1.82) is 0 Å². The lowest BCUT2D eigenvalue weighted by Gasteiger charge is -2.22. The highest BCUT2D eigenvalue weighted by molar-refractivity contribution is 7.19. The number of methoxy groups -OCH3 is 1. The molecule has 35 heavy (non-hydrogen) atoms. The molecule has 1 unspecified atom stereocenters. The minimum absolute atomic E-state index is 0.0401. The van der Waals surface area contributed by atoms with Gasteiger partial charge in [0.15, 0.2) is 0 Å². The van der Waals surface area contributed by atoms with Crippen LogP contribution in [0.4, 0.5) is 11.5 Å². The van der Waals surface area contributed by atoms with E-state index in [4.69, 9.17) is 4.74 Å². The topological polar surface area (TPSA) is 105 Å². The molecule has 5 aromatic rings. The van der Waals surface area contributed by atoms with E-state index in [1.54, 1.807) is 24.8 Å². The molecule has 3 aromatic heterocycles. The number of amides is 1. The number of nitrogens with zero attached hydrogens (tertiary/aromatic N) is 3. The third kappa shape index (κ3) is 4.19. The fourth-order valence-corrected chi connectivity index (χ4v) is 5.93. The molecule has 3 heterocycles. The van der Waals surface area contributed by atoms with Crippen molar-refractivity contribution in [3.05, 3.63) is 71.0 Å². The van der Waals surface area contributed by atoms with Gasteiger partial charge in [-0.2, -0.15) is 5.10 Å². The van der Waals surface area contributed by atoms with E-state index in [-0.39, 0.29) is 11.8 Å². The van der Waals surface area contributed by atoms with Crippen molar-refractivity contribution in [1.82, 2.24) is 25.5 Å². The third-order valence-corrected chi connectivity index (χ3v) is 7.71. The summed E-state index contributed by atoms with van der Waals surface area (Å²) in [5, 5.41) is 15.7. The Kier molecular flexibility index (Phi) is 5.54. The van der Waals surface area contributed by atoms with Gasteiger partial charge >= 0.3 is 0 Å². The van der Waals surface area contributed by atoms with Crippen LogP contribution in [0.25, 0.3) is 21.1 Å². The fourth-order valence-electron chi connectivity index (χ4n) is 4.66. The zero-order valence-electron chi connectivity index (χ0n) is 19.2. The first-order valence-corrected chi connectivity index (χ1v) is 12.4. The van der Waals surface area contributed by atoms with E-state index in [0.29, 0.717) is 6.54 Å². The molecule has 176 valence electrons. The maximum absolute atomic E-state index is 12.9. The summed E-state index contributed by atoms with van der Waals surface area (Å²) in [6, 6.07) is 13.8. The Hall–Kier alpha value is -3.98. The van der Waals surface area contributed by atoms with E-state index >= 15 is 0 Å². The van der Waals surface area contributed by atoms with E-state index in [0.717, 1.165) is 63.2 Å². The Morgan fingerprint density at radius 3 is 2.94 bits per heavy atom. The number of aryl methyl sites for hydroxylation is 1. The molecule has 2 aromatic carbocycles. The molecule has 0 saturated carbocycles. The number of anilines is 2. The van der Waals surface area contributed by atoms with Crippen LogP contribution >= 0.6 is 11.3 Å². The predicted octanol–water partition coefficient (Wildman–Crippen LogP) is 4.74. The number of carbonyl (C=O) groups excluding carboxylic acids is 1. The second-order valence-corrected chi connectivity index (χ2v) is 9.79. The molecule has 1 aliphatic rings. The Labute approximate surface area is 205 Å². The van der Waals surface area contributed by atoms with Gasteiger partial charge in [-0.05, 0) is 60.7 Å². The van der Waals surface area contributed by atoms with Gasteiger partial charge in [0.2, 0.25) is 5.91 Å². The van der Waals surface area contributed by atoms with E-state index in [1.807, 2.05) is 42.6 Å². The predicted molar refractivity (Wildman–Crippen MR) is 137 cm³/mol. The first kappa shape index (κ1) is 21.5. The van der Waals surface area contributed by atoms with Crippen molar-refractivity contribution < 1.29 is 9.53 Å². The number of ether oxygens (including phenoxy) is 1. The molecule has 1 amide bonds. The van der Waals surface area contributed by atoms with Crippen LogP contribution in [-0.4, -0.2) is 33.2 Å². The molecule has 6 rings (SSSR count). The van der Waals surface area contributed by atoms with Gasteiger partial charge in [-0.1, -0.05) is 12.1 Å². The first-order chi connectivity index (χ1) is 17.2. The Morgan fingerprint density at radius 1 is 1.20 bits per heavy atom. The zero-order chi connectivity index (χ0) is 23.8. The molecular formula is C26H24N6O2S. The van der Waals surface area contributed by atoms with Crippen LogP contribution in [0.5, 0.6) is 5.75 Å². The summed E-state index contributed by atoms with van der Waals surface area (Å²) in [5.41, 5.74) is 4.26. The lowest BCUT2D eigenvalue weighted by molar-refractivity contribution is -0.125. The van der Waals surface area contributed by atoms with Crippen LogP contribution in [0, 0.1) is 5.92 Å². The van der Waals surface area contributed by atoms with Crippen molar-refractivity contribution in [3.63, 3.8) is 0 Å². The van der Waals surface area contributed by atoms with Gasteiger partial charge in [-0.25, -0.2) is 9.97 Å². The normalized spacial score (nSPS) is 15.2. The van der Waals surface area contributed by atoms with Crippen LogP contribution < -0.4 is 15.4 Å². The number of aromatic nitrogens is 4. The number of thiophene rings is 1. The number of H-pyrrole nitrogens is 1. The average molecular weight is 485 g/mol. The zero-order valence-corrected chi connectivity index (χ0v) is 20.0. The van der Waals surface area contributed by atoms with E-state index in [1.165, 1.54) is 10.4 Å². The van der Waals surface area contributed by atoms with E-state index in [2.05, 4.69) is 36.9 Å². The first-order valence-electron chi connectivity index (χ1n) is 11.5. The van der Waals surface area contributed by atoms with Crippen molar-refractivity contribution in [3.8, 4) is 5.75 Å². The molecule has 0 bridgehead atoms. The highest BCUT2D eigenvalue weighted by Gasteiger charge is 2.29. The van der Waals surface area contributed by atoms with Crippen LogP contribution in [-0.2, 0) is 24.2 Å². The molecule has 0 aliphatic heterocycles. The number of carbonyl (C=O) groups is 1. The average Bonchev–Trinajstić information content (AvgIpc) is 3.51. The number of fused-ring (bicyclic) bond motifs is 4. The van der Waals surface area contributed by atoms with Crippen LogP contribution in [0.3, 0.4) is 0 Å². The number of hydrogen-bond donors (Lipinski definition) is 3. The van der Waals surface area contributed by atoms with Gasteiger partial charge in [0.25, 0.3) is 0 Å². The summed E-state index contributed by atoms with van der Waals surface area (Å²) in [7, 11) is 1.65. The summed E-state index contributed by atoms with van der Waals surface area (Å²) < 4.78 is 5.20. The van der Waals surface area contributed by atoms with Crippen LogP contribution in [0.2, 0.25) is 0 Å².